The average Bonchev–Trinajstić information content (AvgIpc) is 3.01. The Bertz CT molecular complexity index is 1020. The lowest BCUT2D eigenvalue weighted by Crippen LogP contribution is -2.29. The topological polar surface area (TPSA) is 49.4 Å². The van der Waals surface area contributed by atoms with Crippen molar-refractivity contribution in [3.05, 3.63) is 70.6 Å². The number of nitrogens with zero attached hydrogens (tertiary/aromatic N) is 1. The van der Waals surface area contributed by atoms with Crippen LogP contribution < -0.4 is 5.32 Å². The number of thioether (sulfide) groups is 1. The molecule has 1 saturated heterocycles. The van der Waals surface area contributed by atoms with Crippen molar-refractivity contribution >= 4 is 51.9 Å². The second kappa shape index (κ2) is 10.8. The number of rotatable bonds is 8. The molecule has 1 aliphatic rings. The lowest BCUT2D eigenvalue weighted by atomic mass is 10.1. The van der Waals surface area contributed by atoms with Gasteiger partial charge in [-0.2, -0.15) is 13.2 Å². The monoisotopic (exact) mass is 478 g/mol. The van der Waals surface area contributed by atoms with Crippen LogP contribution in [0.2, 0.25) is 0 Å². The van der Waals surface area contributed by atoms with Crippen LogP contribution in [0.15, 0.2) is 59.5 Å². The van der Waals surface area contributed by atoms with Gasteiger partial charge in [0.05, 0.1) is 10.5 Å². The summed E-state index contributed by atoms with van der Waals surface area (Å²) in [7, 11) is 0. The van der Waals surface area contributed by atoms with Gasteiger partial charge < -0.3 is 5.32 Å². The molecule has 9 heteroatoms. The summed E-state index contributed by atoms with van der Waals surface area (Å²) in [6.07, 6.45) is -0.547. The molecule has 1 aliphatic heterocycles. The maximum atomic E-state index is 12.8. The van der Waals surface area contributed by atoms with Gasteiger partial charge in [0.1, 0.15) is 4.32 Å². The molecule has 4 nitrogen and oxygen atoms in total. The summed E-state index contributed by atoms with van der Waals surface area (Å²) >= 11 is 6.60. The third-order valence-electron chi connectivity index (χ3n) is 4.73. The van der Waals surface area contributed by atoms with Gasteiger partial charge >= 0.3 is 6.18 Å². The highest BCUT2D eigenvalue weighted by atomic mass is 32.2. The number of anilines is 1. The summed E-state index contributed by atoms with van der Waals surface area (Å²) in [4.78, 5) is 26.8. The van der Waals surface area contributed by atoms with Crippen LogP contribution in [-0.2, 0) is 15.8 Å². The maximum Gasteiger partial charge on any atom is 0.416 e. The molecule has 2 aromatic carbocycles. The molecule has 168 valence electrons. The quantitative estimate of drug-likeness (QED) is 0.283. The molecule has 32 heavy (non-hydrogen) atoms. The van der Waals surface area contributed by atoms with E-state index in [1.165, 1.54) is 23.9 Å². The van der Waals surface area contributed by atoms with Crippen LogP contribution in [0, 0.1) is 0 Å². The highest BCUT2D eigenvalue weighted by molar-refractivity contribution is 8.26. The number of carbonyl (C=O) groups is 2. The van der Waals surface area contributed by atoms with Crippen LogP contribution in [0.1, 0.15) is 36.8 Å². The smallest absolute Gasteiger partial charge is 0.326 e. The Morgan fingerprint density at radius 2 is 1.81 bits per heavy atom. The number of carbonyl (C=O) groups excluding carboxylic acids is 2. The molecule has 2 aromatic rings. The molecule has 0 aliphatic carbocycles. The number of benzene rings is 2. The van der Waals surface area contributed by atoms with Crippen LogP contribution in [0.5, 0.6) is 0 Å². The summed E-state index contributed by atoms with van der Waals surface area (Å²) in [5, 5.41) is 2.49. The minimum absolute atomic E-state index is 0.118. The summed E-state index contributed by atoms with van der Waals surface area (Å²) in [6.45, 7) is 0.464. The zero-order valence-electron chi connectivity index (χ0n) is 17.0. The number of halogens is 3. The Hall–Kier alpha value is -2.65. The van der Waals surface area contributed by atoms with E-state index in [-0.39, 0.29) is 23.9 Å². The summed E-state index contributed by atoms with van der Waals surface area (Å²) < 4.78 is 38.8. The second-order valence-electron chi connectivity index (χ2n) is 7.18. The maximum absolute atomic E-state index is 12.8. The van der Waals surface area contributed by atoms with Crippen molar-refractivity contribution in [2.45, 2.75) is 31.9 Å². The average molecular weight is 479 g/mol. The molecule has 0 atom stereocenters. The SMILES string of the molecule is O=C(CCCCCN1C(=O)/C(=C/c2ccccc2)SC1=S)Nc1cccc(C(F)(F)F)c1. The van der Waals surface area contributed by atoms with Crippen LogP contribution in [0.3, 0.4) is 0 Å². The third kappa shape index (κ3) is 6.67. The number of alkyl halides is 3. The van der Waals surface area contributed by atoms with E-state index in [0.29, 0.717) is 35.0 Å². The molecule has 0 bridgehead atoms. The van der Waals surface area contributed by atoms with Gasteiger partial charge in [-0.25, -0.2) is 0 Å². The highest BCUT2D eigenvalue weighted by Crippen LogP contribution is 2.33. The zero-order valence-corrected chi connectivity index (χ0v) is 18.7. The second-order valence-corrected chi connectivity index (χ2v) is 8.86. The molecule has 3 rings (SSSR count). The first kappa shape index (κ1) is 24.0. The normalized spacial score (nSPS) is 15.5. The van der Waals surface area contributed by atoms with Crippen LogP contribution in [-0.4, -0.2) is 27.6 Å². The predicted octanol–water partition coefficient (Wildman–Crippen LogP) is 6.11. The number of nitrogens with one attached hydrogen (secondary N) is 1. The fourth-order valence-electron chi connectivity index (χ4n) is 3.12. The Morgan fingerprint density at radius 1 is 1.06 bits per heavy atom. The molecule has 0 saturated carbocycles. The van der Waals surface area contributed by atoms with Crippen molar-refractivity contribution in [3.63, 3.8) is 0 Å². The van der Waals surface area contributed by atoms with E-state index in [9.17, 15) is 22.8 Å². The lowest BCUT2D eigenvalue weighted by Gasteiger charge is -2.14. The van der Waals surface area contributed by atoms with E-state index in [0.717, 1.165) is 17.7 Å². The fourth-order valence-corrected chi connectivity index (χ4v) is 4.43. The van der Waals surface area contributed by atoms with Crippen molar-refractivity contribution in [3.8, 4) is 0 Å². The Morgan fingerprint density at radius 3 is 2.53 bits per heavy atom. The first-order valence-corrected chi connectivity index (χ1v) is 11.2. The Kier molecular flexibility index (Phi) is 8.09. The van der Waals surface area contributed by atoms with Crippen molar-refractivity contribution in [2.75, 3.05) is 11.9 Å². The first-order chi connectivity index (χ1) is 15.2. The molecule has 1 N–H and O–H groups in total. The van der Waals surface area contributed by atoms with Gasteiger partial charge in [0, 0.05) is 18.7 Å². The molecular weight excluding hydrogens is 457 g/mol. The minimum atomic E-state index is -4.46. The van der Waals surface area contributed by atoms with Gasteiger partial charge in [-0.05, 0) is 42.7 Å². The molecule has 1 heterocycles. The van der Waals surface area contributed by atoms with E-state index in [1.807, 2.05) is 36.4 Å². The van der Waals surface area contributed by atoms with Gasteiger partial charge in [0.2, 0.25) is 5.91 Å². The lowest BCUT2D eigenvalue weighted by molar-refractivity contribution is -0.137. The fraction of sp³-hybridized carbons (Fsp3) is 0.261. The van der Waals surface area contributed by atoms with E-state index in [2.05, 4.69) is 5.32 Å². The highest BCUT2D eigenvalue weighted by Gasteiger charge is 2.31. The standard InChI is InChI=1S/C23H21F3N2O2S2/c24-23(25,26)17-10-7-11-18(15-17)27-20(29)12-5-2-6-13-28-21(30)19(32-22(28)31)14-16-8-3-1-4-9-16/h1,3-4,7-11,14-15H,2,5-6,12-13H2,(H,27,29)/b19-14-. The van der Waals surface area contributed by atoms with Crippen LogP contribution in [0.4, 0.5) is 18.9 Å². The third-order valence-corrected chi connectivity index (χ3v) is 6.11. The molecule has 1 fully saturated rings. The molecule has 0 spiro atoms. The molecule has 0 radical (unpaired) electrons. The molecule has 2 amide bonds. The number of thiocarbonyl (C=S) groups is 1. The van der Waals surface area contributed by atoms with Gasteiger partial charge in [-0.15, -0.1) is 0 Å². The zero-order chi connectivity index (χ0) is 23.1. The van der Waals surface area contributed by atoms with E-state index in [4.69, 9.17) is 12.2 Å². The summed E-state index contributed by atoms with van der Waals surface area (Å²) in [5.41, 5.74) is 0.243. The Labute approximate surface area is 193 Å². The van der Waals surface area contributed by atoms with E-state index >= 15 is 0 Å². The Balaban J connectivity index is 1.41. The number of hydrogen-bond acceptors (Lipinski definition) is 4. The number of unbranched alkanes of at least 4 members (excludes halogenated alkanes) is 2. The van der Waals surface area contributed by atoms with Crippen molar-refractivity contribution in [1.82, 2.24) is 4.90 Å². The largest absolute Gasteiger partial charge is 0.416 e. The molecule has 0 aromatic heterocycles. The molecular formula is C23H21F3N2O2S2. The predicted molar refractivity (Wildman–Crippen MR) is 125 cm³/mol. The van der Waals surface area contributed by atoms with Gasteiger partial charge in [-0.1, -0.05) is 66.8 Å². The van der Waals surface area contributed by atoms with Gasteiger partial charge in [-0.3, -0.25) is 14.5 Å². The number of amides is 2. The summed E-state index contributed by atoms with van der Waals surface area (Å²) in [5.74, 6) is -0.466. The van der Waals surface area contributed by atoms with Crippen molar-refractivity contribution < 1.29 is 22.8 Å². The van der Waals surface area contributed by atoms with Gasteiger partial charge in [0.15, 0.2) is 0 Å². The van der Waals surface area contributed by atoms with Crippen LogP contribution in [0.25, 0.3) is 6.08 Å². The first-order valence-electron chi connectivity index (χ1n) is 10.0. The minimum Gasteiger partial charge on any atom is -0.326 e. The van der Waals surface area contributed by atoms with E-state index < -0.39 is 11.7 Å². The molecule has 0 unspecified atom stereocenters. The van der Waals surface area contributed by atoms with Gasteiger partial charge in [0.25, 0.3) is 5.91 Å². The van der Waals surface area contributed by atoms with Crippen molar-refractivity contribution in [2.24, 2.45) is 0 Å². The number of hydrogen-bond donors (Lipinski definition) is 1. The summed E-state index contributed by atoms with van der Waals surface area (Å²) in [6, 6.07) is 14.1. The van der Waals surface area contributed by atoms with E-state index in [1.54, 1.807) is 4.90 Å². The van der Waals surface area contributed by atoms with Crippen molar-refractivity contribution in [1.29, 1.82) is 0 Å². The van der Waals surface area contributed by atoms with Crippen LogP contribution >= 0.6 is 24.0 Å².